The van der Waals surface area contributed by atoms with E-state index in [0.717, 1.165) is 34.1 Å². The summed E-state index contributed by atoms with van der Waals surface area (Å²) in [7, 11) is 0. The fourth-order valence-electron chi connectivity index (χ4n) is 9.55. The average Bonchev–Trinajstić information content (AvgIpc) is 3.78. The second-order valence-electron chi connectivity index (χ2n) is 16.9. The van der Waals surface area contributed by atoms with Gasteiger partial charge in [-0.05, 0) is 123 Å². The summed E-state index contributed by atoms with van der Waals surface area (Å²) >= 11 is 1.86. The Bertz CT molecular complexity index is 3600. The summed E-state index contributed by atoms with van der Waals surface area (Å²) in [4.78, 5) is 4.73. The summed E-state index contributed by atoms with van der Waals surface area (Å²) in [6.45, 7) is 0. The van der Waals surface area contributed by atoms with E-state index < -0.39 is 0 Å². The minimum atomic E-state index is 1.10. The zero-order valence-corrected chi connectivity index (χ0v) is 37.5. The molecule has 12 aromatic rings. The quantitative estimate of drug-likeness (QED) is 0.135. The number of fused-ring (bicyclic) bond motifs is 4. The lowest BCUT2D eigenvalue weighted by atomic mass is 9.95. The van der Waals surface area contributed by atoms with Crippen LogP contribution in [-0.4, -0.2) is 0 Å². The molecule has 0 saturated carbocycles. The van der Waals surface area contributed by atoms with Gasteiger partial charge >= 0.3 is 0 Å². The maximum atomic E-state index is 2.44. The molecule has 0 spiro atoms. The lowest BCUT2D eigenvalue weighted by molar-refractivity contribution is 1.28. The Morgan fingerprint density at radius 3 is 1.19 bits per heavy atom. The molecule has 0 aliphatic rings. The van der Waals surface area contributed by atoms with E-state index in [0.29, 0.717) is 0 Å². The maximum Gasteiger partial charge on any atom is 0.0546 e. The number of para-hydroxylation sites is 2. The fraction of sp³-hybridized carbons (Fsp3) is 0. The molecule has 0 N–H and O–H groups in total. The minimum Gasteiger partial charge on any atom is -0.311 e. The smallest absolute Gasteiger partial charge is 0.0546 e. The standard InChI is InChI=1S/C64H44N2S/c1-4-15-52(16-5-1)64-58-21-11-10-14-51(58)36-43-61(64)66(57-41-42-60-59-22-12-13-23-62(59)67-63(60)44-57)56-39-34-50(35-40-56)48-30-26-46(27-31-48)45-24-28-47(29-25-45)49-32-37-55(38-33-49)65(53-17-6-2-7-18-53)54-19-8-3-9-20-54/h1-44H. The van der Waals surface area contributed by atoms with Crippen LogP contribution in [0.3, 0.4) is 0 Å². The largest absolute Gasteiger partial charge is 0.311 e. The molecule has 0 bridgehead atoms. The van der Waals surface area contributed by atoms with Gasteiger partial charge < -0.3 is 9.80 Å². The molecular weight excluding hydrogens is 829 g/mol. The van der Waals surface area contributed by atoms with Crippen molar-refractivity contribution in [1.82, 2.24) is 0 Å². The van der Waals surface area contributed by atoms with Crippen LogP contribution in [0.2, 0.25) is 0 Å². The van der Waals surface area contributed by atoms with Crippen LogP contribution in [0.4, 0.5) is 34.1 Å². The topological polar surface area (TPSA) is 6.48 Å². The van der Waals surface area contributed by atoms with Crippen molar-refractivity contribution >= 4 is 76.4 Å². The fourth-order valence-corrected chi connectivity index (χ4v) is 10.7. The Balaban J connectivity index is 0.840. The van der Waals surface area contributed by atoms with Crippen molar-refractivity contribution in [3.8, 4) is 44.5 Å². The van der Waals surface area contributed by atoms with Crippen LogP contribution in [0.1, 0.15) is 0 Å². The molecule has 0 radical (unpaired) electrons. The molecule has 0 fully saturated rings. The van der Waals surface area contributed by atoms with Crippen LogP contribution < -0.4 is 9.80 Å². The first kappa shape index (κ1) is 40.0. The number of hydrogen-bond donors (Lipinski definition) is 0. The maximum absolute atomic E-state index is 2.44. The number of nitrogens with zero attached hydrogens (tertiary/aromatic N) is 2. The van der Waals surface area contributed by atoms with Gasteiger partial charge in [0.25, 0.3) is 0 Å². The highest BCUT2D eigenvalue weighted by atomic mass is 32.1. The van der Waals surface area contributed by atoms with E-state index in [1.807, 2.05) is 11.3 Å². The summed E-state index contributed by atoms with van der Waals surface area (Å²) in [6, 6.07) is 96.7. The highest BCUT2D eigenvalue weighted by Gasteiger charge is 2.21. The molecular formula is C64H44N2S. The predicted octanol–water partition coefficient (Wildman–Crippen LogP) is 18.8. The third-order valence-electron chi connectivity index (χ3n) is 12.9. The first-order valence-electron chi connectivity index (χ1n) is 22.8. The molecule has 0 saturated heterocycles. The SMILES string of the molecule is c1ccc(-c2c(N(c3ccc(-c4ccc(-c5ccc(-c6ccc(N(c7ccccc7)c7ccccc7)cc6)cc5)cc4)cc3)c3ccc4c(c3)sc3ccccc34)ccc3ccccc23)cc1. The molecule has 3 heteroatoms. The third kappa shape index (κ3) is 7.72. The van der Waals surface area contributed by atoms with Crippen molar-refractivity contribution in [3.05, 3.63) is 267 Å². The van der Waals surface area contributed by atoms with Crippen LogP contribution >= 0.6 is 11.3 Å². The highest BCUT2D eigenvalue weighted by molar-refractivity contribution is 7.25. The Morgan fingerprint density at radius 2 is 0.642 bits per heavy atom. The molecule has 0 atom stereocenters. The van der Waals surface area contributed by atoms with Crippen LogP contribution in [0.25, 0.3) is 75.5 Å². The van der Waals surface area contributed by atoms with Gasteiger partial charge in [-0.25, -0.2) is 0 Å². The lowest BCUT2D eigenvalue weighted by Gasteiger charge is -2.29. The van der Waals surface area contributed by atoms with Gasteiger partial charge in [-0.2, -0.15) is 0 Å². The van der Waals surface area contributed by atoms with Crippen molar-refractivity contribution in [3.63, 3.8) is 0 Å². The van der Waals surface area contributed by atoms with Crippen molar-refractivity contribution in [1.29, 1.82) is 0 Å². The van der Waals surface area contributed by atoms with E-state index in [1.165, 1.54) is 75.5 Å². The molecule has 0 unspecified atom stereocenters. The Morgan fingerprint density at radius 1 is 0.239 bits per heavy atom. The molecule has 316 valence electrons. The van der Waals surface area contributed by atoms with Crippen molar-refractivity contribution < 1.29 is 0 Å². The minimum absolute atomic E-state index is 1.10. The van der Waals surface area contributed by atoms with Gasteiger partial charge in [-0.3, -0.25) is 0 Å². The number of benzene rings is 11. The van der Waals surface area contributed by atoms with Gasteiger partial charge in [0.15, 0.2) is 0 Å². The first-order valence-corrected chi connectivity index (χ1v) is 23.6. The normalized spacial score (nSPS) is 11.3. The van der Waals surface area contributed by atoms with E-state index in [4.69, 9.17) is 0 Å². The molecule has 0 amide bonds. The number of thiophene rings is 1. The second-order valence-corrected chi connectivity index (χ2v) is 18.0. The van der Waals surface area contributed by atoms with E-state index in [9.17, 15) is 0 Å². The molecule has 0 aliphatic heterocycles. The number of hydrogen-bond acceptors (Lipinski definition) is 3. The monoisotopic (exact) mass is 872 g/mol. The molecule has 12 rings (SSSR count). The molecule has 1 aromatic heterocycles. The van der Waals surface area contributed by atoms with Gasteiger partial charge in [0.2, 0.25) is 0 Å². The zero-order chi connectivity index (χ0) is 44.5. The second kappa shape index (κ2) is 17.5. The Kier molecular flexibility index (Phi) is 10.4. The van der Waals surface area contributed by atoms with Gasteiger partial charge in [0.1, 0.15) is 0 Å². The van der Waals surface area contributed by atoms with E-state index in [1.54, 1.807) is 0 Å². The number of rotatable bonds is 10. The molecule has 11 aromatic carbocycles. The average molecular weight is 873 g/mol. The lowest BCUT2D eigenvalue weighted by Crippen LogP contribution is -2.11. The van der Waals surface area contributed by atoms with Gasteiger partial charge in [0, 0.05) is 54.2 Å². The summed E-state index contributed by atoms with van der Waals surface area (Å²) in [6.07, 6.45) is 0. The van der Waals surface area contributed by atoms with Crippen LogP contribution in [0.15, 0.2) is 267 Å². The van der Waals surface area contributed by atoms with E-state index in [-0.39, 0.29) is 0 Å². The summed E-state index contributed by atoms with van der Waals surface area (Å²) < 4.78 is 2.59. The van der Waals surface area contributed by atoms with E-state index in [2.05, 4.69) is 277 Å². The Hall–Kier alpha value is -8.50. The van der Waals surface area contributed by atoms with Crippen LogP contribution in [0, 0.1) is 0 Å². The van der Waals surface area contributed by atoms with Crippen LogP contribution in [0.5, 0.6) is 0 Å². The zero-order valence-electron chi connectivity index (χ0n) is 36.7. The third-order valence-corrected chi connectivity index (χ3v) is 14.0. The summed E-state index contributed by atoms with van der Waals surface area (Å²) in [5.41, 5.74) is 16.3. The van der Waals surface area contributed by atoms with Crippen molar-refractivity contribution in [2.45, 2.75) is 0 Å². The first-order chi connectivity index (χ1) is 33.2. The van der Waals surface area contributed by atoms with Crippen LogP contribution in [-0.2, 0) is 0 Å². The molecule has 1 heterocycles. The molecule has 2 nitrogen and oxygen atoms in total. The predicted molar refractivity (Wildman–Crippen MR) is 288 cm³/mol. The summed E-state index contributed by atoms with van der Waals surface area (Å²) in [5.74, 6) is 0. The van der Waals surface area contributed by atoms with Gasteiger partial charge in [0.05, 0.1) is 5.69 Å². The number of anilines is 6. The molecule has 0 aliphatic carbocycles. The highest BCUT2D eigenvalue weighted by Crippen LogP contribution is 2.46. The molecule has 67 heavy (non-hydrogen) atoms. The summed E-state index contributed by atoms with van der Waals surface area (Å²) in [5, 5.41) is 5.05. The van der Waals surface area contributed by atoms with Gasteiger partial charge in [-0.1, -0.05) is 194 Å². The Labute approximate surface area is 395 Å². The van der Waals surface area contributed by atoms with Crippen molar-refractivity contribution in [2.24, 2.45) is 0 Å². The van der Waals surface area contributed by atoms with Gasteiger partial charge in [-0.15, -0.1) is 11.3 Å². The van der Waals surface area contributed by atoms with Crippen molar-refractivity contribution in [2.75, 3.05) is 9.80 Å². The van der Waals surface area contributed by atoms with E-state index >= 15 is 0 Å².